The van der Waals surface area contributed by atoms with Crippen molar-refractivity contribution in [3.63, 3.8) is 0 Å². The summed E-state index contributed by atoms with van der Waals surface area (Å²) in [6, 6.07) is 0. The Hall–Kier alpha value is -0.640. The molecule has 0 radical (unpaired) electrons. The molecule has 0 amide bonds. The standard InChI is InChI=1S/C8H12O3/c1-2-3-5-4-6(9)8(11)7(5)10/h2-4,6-11H,1H3. The van der Waals surface area contributed by atoms with Gasteiger partial charge in [0, 0.05) is 0 Å². The molecule has 3 heteroatoms. The molecule has 0 fully saturated rings. The highest BCUT2D eigenvalue weighted by Gasteiger charge is 2.31. The summed E-state index contributed by atoms with van der Waals surface area (Å²) in [5.41, 5.74) is 0.576. The topological polar surface area (TPSA) is 60.7 Å². The van der Waals surface area contributed by atoms with Crippen molar-refractivity contribution < 1.29 is 15.3 Å². The number of allylic oxidation sites excluding steroid dienone is 1. The summed E-state index contributed by atoms with van der Waals surface area (Å²) >= 11 is 0. The van der Waals surface area contributed by atoms with Crippen LogP contribution >= 0.6 is 0 Å². The highest BCUT2D eigenvalue weighted by Crippen LogP contribution is 2.20. The molecule has 3 N–H and O–H groups in total. The predicted molar refractivity (Wildman–Crippen MR) is 40.9 cm³/mol. The van der Waals surface area contributed by atoms with Crippen molar-refractivity contribution >= 4 is 0 Å². The Morgan fingerprint density at radius 2 is 2.00 bits per heavy atom. The lowest BCUT2D eigenvalue weighted by atomic mass is 10.1. The summed E-state index contributed by atoms with van der Waals surface area (Å²) in [5, 5.41) is 27.4. The van der Waals surface area contributed by atoms with Crippen LogP contribution in [-0.4, -0.2) is 33.6 Å². The molecule has 1 aliphatic carbocycles. The van der Waals surface area contributed by atoms with E-state index in [-0.39, 0.29) is 0 Å². The molecule has 0 aromatic heterocycles. The number of rotatable bonds is 1. The first-order chi connectivity index (χ1) is 5.16. The Morgan fingerprint density at radius 1 is 1.36 bits per heavy atom. The van der Waals surface area contributed by atoms with E-state index >= 15 is 0 Å². The summed E-state index contributed by atoms with van der Waals surface area (Å²) in [7, 11) is 0. The van der Waals surface area contributed by atoms with Gasteiger partial charge < -0.3 is 15.3 Å². The second kappa shape index (κ2) is 3.17. The number of hydrogen-bond donors (Lipinski definition) is 3. The van der Waals surface area contributed by atoms with E-state index in [0.717, 1.165) is 0 Å². The van der Waals surface area contributed by atoms with E-state index in [1.807, 2.05) is 6.92 Å². The molecular weight excluding hydrogens is 144 g/mol. The zero-order chi connectivity index (χ0) is 8.43. The number of aliphatic hydroxyl groups is 3. The Bertz CT molecular complexity index is 196. The maximum atomic E-state index is 9.23. The molecule has 0 saturated heterocycles. The van der Waals surface area contributed by atoms with Gasteiger partial charge in [-0.3, -0.25) is 0 Å². The first-order valence-electron chi connectivity index (χ1n) is 3.55. The summed E-state index contributed by atoms with van der Waals surface area (Å²) < 4.78 is 0. The average molecular weight is 156 g/mol. The second-order valence-electron chi connectivity index (χ2n) is 2.59. The molecular formula is C8H12O3. The average Bonchev–Trinajstić information content (AvgIpc) is 2.19. The van der Waals surface area contributed by atoms with Crippen LogP contribution in [0, 0.1) is 0 Å². The molecule has 0 aliphatic heterocycles. The van der Waals surface area contributed by atoms with Crippen molar-refractivity contribution in [2.24, 2.45) is 0 Å². The third kappa shape index (κ3) is 1.50. The van der Waals surface area contributed by atoms with Gasteiger partial charge in [-0.05, 0) is 18.6 Å². The zero-order valence-corrected chi connectivity index (χ0v) is 6.31. The lowest BCUT2D eigenvalue weighted by Crippen LogP contribution is -2.30. The Kier molecular flexibility index (Phi) is 2.44. The summed E-state index contributed by atoms with van der Waals surface area (Å²) in [4.78, 5) is 0. The van der Waals surface area contributed by atoms with E-state index in [0.29, 0.717) is 5.57 Å². The van der Waals surface area contributed by atoms with Crippen LogP contribution in [0.3, 0.4) is 0 Å². The van der Waals surface area contributed by atoms with Crippen molar-refractivity contribution in [3.05, 3.63) is 23.8 Å². The Labute approximate surface area is 65.3 Å². The third-order valence-corrected chi connectivity index (χ3v) is 1.74. The van der Waals surface area contributed by atoms with Crippen molar-refractivity contribution in [3.8, 4) is 0 Å². The summed E-state index contributed by atoms with van der Waals surface area (Å²) in [6.45, 7) is 1.81. The predicted octanol–water partition coefficient (Wildman–Crippen LogP) is -0.415. The van der Waals surface area contributed by atoms with Gasteiger partial charge >= 0.3 is 0 Å². The first-order valence-corrected chi connectivity index (χ1v) is 3.55. The monoisotopic (exact) mass is 156 g/mol. The van der Waals surface area contributed by atoms with Gasteiger partial charge in [-0.2, -0.15) is 0 Å². The SMILES string of the molecule is CC=CC1=CC(O)C(O)C1O. The minimum atomic E-state index is -1.07. The van der Waals surface area contributed by atoms with Gasteiger partial charge in [-0.15, -0.1) is 0 Å². The normalized spacial score (nSPS) is 38.2. The van der Waals surface area contributed by atoms with Gasteiger partial charge in [0.2, 0.25) is 0 Å². The molecule has 0 bridgehead atoms. The van der Waals surface area contributed by atoms with Crippen LogP contribution in [0.15, 0.2) is 23.8 Å². The number of hydrogen-bond acceptors (Lipinski definition) is 3. The zero-order valence-electron chi connectivity index (χ0n) is 6.31. The van der Waals surface area contributed by atoms with Gasteiger partial charge in [0.1, 0.15) is 18.3 Å². The molecule has 3 unspecified atom stereocenters. The molecule has 3 nitrogen and oxygen atoms in total. The van der Waals surface area contributed by atoms with Crippen molar-refractivity contribution in [2.45, 2.75) is 25.2 Å². The maximum absolute atomic E-state index is 9.23. The fraction of sp³-hybridized carbons (Fsp3) is 0.500. The lowest BCUT2D eigenvalue weighted by molar-refractivity contribution is -0.00961. The first kappa shape index (κ1) is 8.46. The molecule has 0 aromatic carbocycles. The molecule has 0 spiro atoms. The van der Waals surface area contributed by atoms with Crippen molar-refractivity contribution in [1.29, 1.82) is 0 Å². The molecule has 62 valence electrons. The molecule has 0 heterocycles. The highest BCUT2D eigenvalue weighted by atomic mass is 16.4. The van der Waals surface area contributed by atoms with Crippen LogP contribution in [0.25, 0.3) is 0 Å². The van der Waals surface area contributed by atoms with Gasteiger partial charge in [0.15, 0.2) is 0 Å². The van der Waals surface area contributed by atoms with Gasteiger partial charge in [0.05, 0.1) is 0 Å². The van der Waals surface area contributed by atoms with E-state index < -0.39 is 18.3 Å². The minimum Gasteiger partial charge on any atom is -0.387 e. The van der Waals surface area contributed by atoms with E-state index in [1.165, 1.54) is 6.08 Å². The van der Waals surface area contributed by atoms with Gasteiger partial charge in [0.25, 0.3) is 0 Å². The molecule has 3 atom stereocenters. The summed E-state index contributed by atoms with van der Waals surface area (Å²) in [6.07, 6.45) is 1.93. The molecule has 0 aromatic rings. The maximum Gasteiger partial charge on any atom is 0.113 e. The summed E-state index contributed by atoms with van der Waals surface area (Å²) in [5.74, 6) is 0. The smallest absolute Gasteiger partial charge is 0.113 e. The highest BCUT2D eigenvalue weighted by molar-refractivity contribution is 5.31. The van der Waals surface area contributed by atoms with Crippen molar-refractivity contribution in [1.82, 2.24) is 0 Å². The largest absolute Gasteiger partial charge is 0.387 e. The van der Waals surface area contributed by atoms with Crippen LogP contribution in [0.1, 0.15) is 6.92 Å². The lowest BCUT2D eigenvalue weighted by Gasteiger charge is -2.11. The molecule has 0 saturated carbocycles. The van der Waals surface area contributed by atoms with Gasteiger partial charge in [-0.25, -0.2) is 0 Å². The van der Waals surface area contributed by atoms with Crippen LogP contribution in [0.5, 0.6) is 0 Å². The Morgan fingerprint density at radius 3 is 2.36 bits per heavy atom. The minimum absolute atomic E-state index is 0.576. The van der Waals surface area contributed by atoms with Crippen molar-refractivity contribution in [2.75, 3.05) is 0 Å². The van der Waals surface area contributed by atoms with Gasteiger partial charge in [-0.1, -0.05) is 12.2 Å². The van der Waals surface area contributed by atoms with Crippen LogP contribution < -0.4 is 0 Å². The fourth-order valence-electron chi connectivity index (χ4n) is 1.12. The van der Waals surface area contributed by atoms with Crippen LogP contribution in [0.2, 0.25) is 0 Å². The molecule has 11 heavy (non-hydrogen) atoms. The van der Waals surface area contributed by atoms with E-state index in [4.69, 9.17) is 10.2 Å². The van der Waals surface area contributed by atoms with E-state index in [9.17, 15) is 5.11 Å². The second-order valence-corrected chi connectivity index (χ2v) is 2.59. The van der Waals surface area contributed by atoms with E-state index in [2.05, 4.69) is 0 Å². The van der Waals surface area contributed by atoms with Crippen LogP contribution in [-0.2, 0) is 0 Å². The molecule has 1 rings (SSSR count). The quantitative estimate of drug-likeness (QED) is 0.483. The van der Waals surface area contributed by atoms with Crippen LogP contribution in [0.4, 0.5) is 0 Å². The Balaban J connectivity index is 2.75. The third-order valence-electron chi connectivity index (χ3n) is 1.74. The number of aliphatic hydroxyl groups excluding tert-OH is 3. The van der Waals surface area contributed by atoms with E-state index in [1.54, 1.807) is 12.2 Å². The molecule has 1 aliphatic rings. The fourth-order valence-corrected chi connectivity index (χ4v) is 1.12.